The Kier molecular flexibility index (Phi) is 13.7. The van der Waals surface area contributed by atoms with Crippen LogP contribution >= 0.6 is 0 Å². The molecule has 2 N–H and O–H groups in total. The number of ether oxygens (including phenoxy) is 6. The molecular formula is C29H43NO10. The van der Waals surface area contributed by atoms with Gasteiger partial charge in [-0.2, -0.15) is 0 Å². The lowest BCUT2D eigenvalue weighted by atomic mass is 9.89. The zero-order valence-corrected chi connectivity index (χ0v) is 24.1. The Balaban J connectivity index is 2.01. The Bertz CT molecular complexity index is 991. The summed E-state index contributed by atoms with van der Waals surface area (Å²) in [6.07, 6.45) is 2.64. The number of carbonyl (C=O) groups excluding carboxylic acids is 4. The number of nitrogens with two attached hydrogens (primary N) is 1. The average molecular weight is 566 g/mol. The van der Waals surface area contributed by atoms with Crippen molar-refractivity contribution in [3.63, 3.8) is 0 Å². The molecule has 1 aromatic carbocycles. The normalized spacial score (nSPS) is 16.6. The monoisotopic (exact) mass is 565 g/mol. The zero-order chi connectivity index (χ0) is 29.7. The molecule has 40 heavy (non-hydrogen) atoms. The summed E-state index contributed by atoms with van der Waals surface area (Å²) in [5.74, 6) is -1.21. The molecule has 2 rings (SSSR count). The maximum atomic E-state index is 12.6. The van der Waals surface area contributed by atoms with Crippen molar-refractivity contribution >= 4 is 24.2 Å². The fourth-order valence-corrected chi connectivity index (χ4v) is 3.88. The van der Waals surface area contributed by atoms with Crippen molar-refractivity contribution in [2.24, 2.45) is 11.7 Å². The van der Waals surface area contributed by atoms with Gasteiger partial charge in [0.25, 0.3) is 0 Å². The van der Waals surface area contributed by atoms with Crippen molar-refractivity contribution in [3.8, 4) is 11.5 Å². The lowest BCUT2D eigenvalue weighted by Gasteiger charge is -2.22. The van der Waals surface area contributed by atoms with Gasteiger partial charge in [0.2, 0.25) is 0 Å². The molecule has 1 saturated carbocycles. The molecule has 2 unspecified atom stereocenters. The first-order valence-corrected chi connectivity index (χ1v) is 14.0. The second kappa shape index (κ2) is 16.7. The van der Waals surface area contributed by atoms with Gasteiger partial charge in [-0.3, -0.25) is 9.59 Å². The second-order valence-corrected chi connectivity index (χ2v) is 10.2. The second-order valence-electron chi connectivity index (χ2n) is 10.2. The van der Waals surface area contributed by atoms with Crippen LogP contribution in [0.1, 0.15) is 85.1 Å². The van der Waals surface area contributed by atoms with Crippen LogP contribution in [0.25, 0.3) is 0 Å². The van der Waals surface area contributed by atoms with E-state index in [1.807, 2.05) is 13.8 Å². The van der Waals surface area contributed by atoms with Crippen LogP contribution in [0.3, 0.4) is 0 Å². The van der Waals surface area contributed by atoms with E-state index in [1.54, 1.807) is 26.8 Å². The van der Waals surface area contributed by atoms with Gasteiger partial charge >= 0.3 is 24.2 Å². The fourth-order valence-electron chi connectivity index (χ4n) is 3.88. The highest BCUT2D eigenvalue weighted by molar-refractivity contribution is 5.76. The summed E-state index contributed by atoms with van der Waals surface area (Å²) in [5.41, 5.74) is 6.58. The Morgan fingerprint density at radius 1 is 0.825 bits per heavy atom. The molecule has 0 bridgehead atoms. The number of hydrogen-bond donors (Lipinski definition) is 1. The van der Waals surface area contributed by atoms with E-state index in [1.165, 1.54) is 12.1 Å². The molecule has 0 heterocycles. The largest absolute Gasteiger partial charge is 0.514 e. The van der Waals surface area contributed by atoms with Gasteiger partial charge in [0, 0.05) is 0 Å². The molecule has 0 aliphatic heterocycles. The summed E-state index contributed by atoms with van der Waals surface area (Å²) in [6.45, 7) is 8.70. The summed E-state index contributed by atoms with van der Waals surface area (Å²) >= 11 is 0. The van der Waals surface area contributed by atoms with Crippen molar-refractivity contribution in [1.82, 2.24) is 0 Å². The maximum Gasteiger partial charge on any atom is 0.514 e. The molecule has 0 saturated heterocycles. The minimum atomic E-state index is -1.06. The van der Waals surface area contributed by atoms with Crippen LogP contribution in [0.2, 0.25) is 0 Å². The van der Waals surface area contributed by atoms with Crippen LogP contribution in [-0.2, 0) is 35.0 Å². The van der Waals surface area contributed by atoms with Crippen molar-refractivity contribution < 1.29 is 47.6 Å². The van der Waals surface area contributed by atoms with Crippen LogP contribution in [-0.4, -0.2) is 55.2 Å². The molecule has 1 aliphatic rings. The number of rotatable bonds is 13. The maximum absolute atomic E-state index is 12.6. The Morgan fingerprint density at radius 3 is 1.98 bits per heavy atom. The molecular weight excluding hydrogens is 522 g/mol. The van der Waals surface area contributed by atoms with E-state index < -0.39 is 30.4 Å². The predicted octanol–water partition coefficient (Wildman–Crippen LogP) is 5.24. The number of carbonyl (C=O) groups is 4. The first kappa shape index (κ1) is 32.9. The van der Waals surface area contributed by atoms with Crippen LogP contribution in [0.15, 0.2) is 18.2 Å². The van der Waals surface area contributed by atoms with Gasteiger partial charge in [-0.1, -0.05) is 39.2 Å². The third kappa shape index (κ3) is 11.4. The van der Waals surface area contributed by atoms with Gasteiger partial charge in [-0.25, -0.2) is 9.59 Å². The Morgan fingerprint density at radius 2 is 1.40 bits per heavy atom. The van der Waals surface area contributed by atoms with Crippen molar-refractivity contribution in [2.75, 3.05) is 6.61 Å². The highest BCUT2D eigenvalue weighted by Gasteiger charge is 2.25. The summed E-state index contributed by atoms with van der Waals surface area (Å²) in [5, 5.41) is 0. The Labute approximate surface area is 235 Å². The van der Waals surface area contributed by atoms with Crippen molar-refractivity contribution in [3.05, 3.63) is 23.8 Å². The molecule has 0 radical (unpaired) electrons. The number of benzene rings is 1. The highest BCUT2D eigenvalue weighted by atomic mass is 16.7. The molecule has 11 nitrogen and oxygen atoms in total. The molecule has 1 aliphatic carbocycles. The van der Waals surface area contributed by atoms with E-state index >= 15 is 0 Å². The fraction of sp³-hybridized carbons (Fsp3) is 0.655. The summed E-state index contributed by atoms with van der Waals surface area (Å²) in [6, 6.07) is 3.34. The van der Waals surface area contributed by atoms with Crippen LogP contribution in [0, 0.1) is 5.92 Å². The average Bonchev–Trinajstić information content (AvgIpc) is 2.93. The van der Waals surface area contributed by atoms with Gasteiger partial charge in [-0.05, 0) is 70.6 Å². The van der Waals surface area contributed by atoms with E-state index in [9.17, 15) is 19.2 Å². The summed E-state index contributed by atoms with van der Waals surface area (Å²) in [4.78, 5) is 49.2. The third-order valence-corrected chi connectivity index (χ3v) is 6.61. The quantitative estimate of drug-likeness (QED) is 0.190. The molecule has 4 atom stereocenters. The first-order chi connectivity index (χ1) is 19.0. The van der Waals surface area contributed by atoms with Gasteiger partial charge in [0.1, 0.15) is 31.0 Å². The van der Waals surface area contributed by atoms with Gasteiger partial charge in [0.05, 0.1) is 5.92 Å². The number of esters is 2. The molecule has 224 valence electrons. The van der Waals surface area contributed by atoms with Crippen molar-refractivity contribution in [2.45, 2.75) is 110 Å². The minimum Gasteiger partial charge on any atom is -0.462 e. The molecule has 0 aromatic heterocycles. The summed E-state index contributed by atoms with van der Waals surface area (Å²) in [7, 11) is 0. The van der Waals surface area contributed by atoms with Crippen LogP contribution < -0.4 is 15.2 Å². The van der Waals surface area contributed by atoms with E-state index in [0.29, 0.717) is 18.4 Å². The van der Waals surface area contributed by atoms with E-state index in [4.69, 9.17) is 34.2 Å². The molecule has 0 spiro atoms. The lowest BCUT2D eigenvalue weighted by molar-refractivity contribution is -0.161. The SMILES string of the molecule is CCC(C)OC(=O)Oc1cc(C[C@H](N)C(=O)OC(C)COC(=O)C2CCCCC2)ccc1OC(=O)O[C@@H](C)CC. The summed E-state index contributed by atoms with van der Waals surface area (Å²) < 4.78 is 31.5. The van der Waals surface area contributed by atoms with E-state index in [-0.39, 0.29) is 48.6 Å². The lowest BCUT2D eigenvalue weighted by Crippen LogP contribution is -2.37. The minimum absolute atomic E-state index is 0.0295. The topological polar surface area (TPSA) is 150 Å². The van der Waals surface area contributed by atoms with Crippen molar-refractivity contribution in [1.29, 1.82) is 0 Å². The highest BCUT2D eigenvalue weighted by Crippen LogP contribution is 2.30. The third-order valence-electron chi connectivity index (χ3n) is 6.61. The predicted molar refractivity (Wildman–Crippen MR) is 145 cm³/mol. The van der Waals surface area contributed by atoms with Gasteiger partial charge in [-0.15, -0.1) is 0 Å². The number of hydrogen-bond acceptors (Lipinski definition) is 11. The van der Waals surface area contributed by atoms with E-state index in [2.05, 4.69) is 0 Å². The van der Waals surface area contributed by atoms with E-state index in [0.717, 1.165) is 32.1 Å². The Hall–Kier alpha value is -3.34. The van der Waals surface area contributed by atoms with Gasteiger partial charge in [0.15, 0.2) is 11.5 Å². The van der Waals surface area contributed by atoms with Crippen LogP contribution in [0.5, 0.6) is 11.5 Å². The zero-order valence-electron chi connectivity index (χ0n) is 24.1. The molecule has 1 aromatic rings. The molecule has 11 heteroatoms. The van der Waals surface area contributed by atoms with Gasteiger partial charge < -0.3 is 34.2 Å². The smallest absolute Gasteiger partial charge is 0.462 e. The standard InChI is InChI=1S/C29H43NO10/c1-6-18(3)37-28(33)39-24-14-13-21(16-25(24)40-29(34)38-19(4)7-2)15-23(30)27(32)36-20(5)17-35-26(31)22-11-9-8-10-12-22/h13-14,16,18-20,22-23H,6-12,15,17,30H2,1-5H3/t18-,19?,20?,23-/m0/s1. The van der Waals surface area contributed by atoms with Crippen LogP contribution in [0.4, 0.5) is 9.59 Å². The molecule has 1 fully saturated rings. The molecule has 0 amide bonds. The first-order valence-electron chi connectivity index (χ1n) is 14.0.